The van der Waals surface area contributed by atoms with E-state index in [9.17, 15) is 14.0 Å². The Morgan fingerprint density at radius 1 is 1.36 bits per heavy atom. The molecule has 1 rings (SSSR count). The van der Waals surface area contributed by atoms with Gasteiger partial charge in [-0.2, -0.15) is 0 Å². The van der Waals surface area contributed by atoms with Crippen molar-refractivity contribution >= 4 is 11.9 Å². The van der Waals surface area contributed by atoms with E-state index < -0.39 is 12.0 Å². The van der Waals surface area contributed by atoms with Gasteiger partial charge >= 0.3 is 5.97 Å². The first-order valence-electron chi connectivity index (χ1n) is 7.33. The summed E-state index contributed by atoms with van der Waals surface area (Å²) < 4.78 is 13.4. The van der Waals surface area contributed by atoms with Gasteiger partial charge in [0.15, 0.2) is 0 Å². The smallest absolute Gasteiger partial charge is 0.320 e. The number of aryl methyl sites for hydroxylation is 1. The van der Waals surface area contributed by atoms with Gasteiger partial charge in [-0.05, 0) is 30.0 Å². The largest absolute Gasteiger partial charge is 0.480 e. The number of halogens is 1. The van der Waals surface area contributed by atoms with Gasteiger partial charge in [-0.25, -0.2) is 4.39 Å². The number of nitrogens with one attached hydrogen (secondary N) is 2. The predicted molar refractivity (Wildman–Crippen MR) is 81.9 cm³/mol. The van der Waals surface area contributed by atoms with Gasteiger partial charge in [0.1, 0.15) is 11.9 Å². The molecule has 1 aromatic rings. The number of amides is 1. The lowest BCUT2D eigenvalue weighted by Gasteiger charge is -2.19. The van der Waals surface area contributed by atoms with E-state index in [0.717, 1.165) is 0 Å². The highest BCUT2D eigenvalue weighted by atomic mass is 19.1. The summed E-state index contributed by atoms with van der Waals surface area (Å²) in [4.78, 5) is 22.9. The van der Waals surface area contributed by atoms with Gasteiger partial charge in [-0.3, -0.25) is 14.9 Å². The summed E-state index contributed by atoms with van der Waals surface area (Å²) in [5.74, 6) is -1.68. The van der Waals surface area contributed by atoms with E-state index in [0.29, 0.717) is 17.5 Å². The van der Waals surface area contributed by atoms with Crippen LogP contribution in [0, 0.1) is 18.7 Å². The summed E-state index contributed by atoms with van der Waals surface area (Å²) >= 11 is 0. The number of hydrogen-bond donors (Lipinski definition) is 3. The third kappa shape index (κ3) is 5.44. The Bertz CT molecular complexity index is 534. The first-order valence-corrected chi connectivity index (χ1v) is 7.33. The van der Waals surface area contributed by atoms with E-state index in [1.165, 1.54) is 6.07 Å². The van der Waals surface area contributed by atoms with Crippen LogP contribution in [0.1, 0.15) is 31.4 Å². The zero-order valence-electron chi connectivity index (χ0n) is 13.1. The molecule has 0 spiro atoms. The lowest BCUT2D eigenvalue weighted by Crippen LogP contribution is -2.46. The summed E-state index contributed by atoms with van der Waals surface area (Å²) in [6.07, 6.45) is 0.703. The molecule has 0 aliphatic heterocycles. The molecule has 2 atom stereocenters. The van der Waals surface area contributed by atoms with Crippen LogP contribution in [0.3, 0.4) is 0 Å². The van der Waals surface area contributed by atoms with Crippen molar-refractivity contribution < 1.29 is 19.1 Å². The van der Waals surface area contributed by atoms with Crippen molar-refractivity contribution in [1.82, 2.24) is 10.6 Å². The number of rotatable bonds is 8. The molecule has 0 aliphatic carbocycles. The fraction of sp³-hybridized carbons (Fsp3) is 0.500. The van der Waals surface area contributed by atoms with Crippen LogP contribution < -0.4 is 10.6 Å². The molecule has 5 nitrogen and oxygen atoms in total. The maximum Gasteiger partial charge on any atom is 0.320 e. The topological polar surface area (TPSA) is 78.4 Å². The Hall–Kier alpha value is -1.95. The lowest BCUT2D eigenvalue weighted by atomic mass is 9.99. The average molecular weight is 310 g/mol. The SMILES string of the molecule is CC[C@H](C)[C@H](NCC(=O)NCc1ccc(C)c(F)c1)C(=O)O. The maximum absolute atomic E-state index is 13.4. The summed E-state index contributed by atoms with van der Waals surface area (Å²) in [7, 11) is 0. The molecule has 0 bridgehead atoms. The second-order valence-corrected chi connectivity index (χ2v) is 5.44. The zero-order chi connectivity index (χ0) is 16.7. The monoisotopic (exact) mass is 310 g/mol. The number of hydrogen-bond acceptors (Lipinski definition) is 3. The van der Waals surface area contributed by atoms with Crippen molar-refractivity contribution in [1.29, 1.82) is 0 Å². The molecule has 0 fully saturated rings. The fourth-order valence-electron chi connectivity index (χ4n) is 1.98. The quantitative estimate of drug-likeness (QED) is 0.684. The van der Waals surface area contributed by atoms with Gasteiger partial charge in [0.05, 0.1) is 6.54 Å². The predicted octanol–water partition coefficient (Wildman–Crippen LogP) is 1.84. The van der Waals surface area contributed by atoms with Crippen LogP contribution in [-0.2, 0) is 16.1 Å². The third-order valence-electron chi connectivity index (χ3n) is 3.69. The van der Waals surface area contributed by atoms with Crippen molar-refractivity contribution in [2.75, 3.05) is 6.54 Å². The molecular formula is C16H23FN2O3. The Labute approximate surface area is 129 Å². The van der Waals surface area contributed by atoms with E-state index in [-0.39, 0.29) is 30.7 Å². The standard InChI is InChI=1S/C16H23FN2O3/c1-4-10(2)15(16(21)22)19-9-14(20)18-8-12-6-5-11(3)13(17)7-12/h5-7,10,15,19H,4,8-9H2,1-3H3,(H,18,20)(H,21,22)/t10-,15-/m0/s1. The van der Waals surface area contributed by atoms with Crippen LogP contribution in [0.5, 0.6) is 0 Å². The molecular weight excluding hydrogens is 287 g/mol. The number of carboxylic acids is 1. The molecule has 0 radical (unpaired) electrons. The number of carboxylic acid groups (broad SMARTS) is 1. The van der Waals surface area contributed by atoms with Gasteiger partial charge < -0.3 is 10.4 Å². The van der Waals surface area contributed by atoms with Crippen molar-refractivity contribution in [3.63, 3.8) is 0 Å². The van der Waals surface area contributed by atoms with Crippen LogP contribution in [0.4, 0.5) is 4.39 Å². The van der Waals surface area contributed by atoms with E-state index in [1.807, 2.05) is 13.8 Å². The van der Waals surface area contributed by atoms with E-state index in [2.05, 4.69) is 10.6 Å². The molecule has 0 saturated heterocycles. The Morgan fingerprint density at radius 3 is 2.59 bits per heavy atom. The first-order chi connectivity index (χ1) is 10.3. The highest BCUT2D eigenvalue weighted by molar-refractivity contribution is 5.80. The van der Waals surface area contributed by atoms with Crippen molar-refractivity contribution in [2.45, 2.75) is 39.8 Å². The fourth-order valence-corrected chi connectivity index (χ4v) is 1.98. The zero-order valence-corrected chi connectivity index (χ0v) is 13.1. The third-order valence-corrected chi connectivity index (χ3v) is 3.69. The highest BCUT2D eigenvalue weighted by Gasteiger charge is 2.23. The normalized spacial score (nSPS) is 13.5. The second kappa shape index (κ2) is 8.48. The summed E-state index contributed by atoms with van der Waals surface area (Å²) in [5.41, 5.74) is 1.21. The second-order valence-electron chi connectivity index (χ2n) is 5.44. The molecule has 0 aliphatic rings. The molecule has 1 amide bonds. The van der Waals surface area contributed by atoms with Crippen molar-refractivity contribution in [3.8, 4) is 0 Å². The maximum atomic E-state index is 13.4. The average Bonchev–Trinajstić information content (AvgIpc) is 2.48. The number of carbonyl (C=O) groups is 2. The highest BCUT2D eigenvalue weighted by Crippen LogP contribution is 2.09. The first kappa shape index (κ1) is 18.1. The molecule has 1 aromatic carbocycles. The van der Waals surface area contributed by atoms with Gasteiger partial charge in [0, 0.05) is 6.54 Å². The summed E-state index contributed by atoms with van der Waals surface area (Å²) in [6.45, 7) is 5.50. The molecule has 122 valence electrons. The van der Waals surface area contributed by atoms with Crippen LogP contribution in [0.25, 0.3) is 0 Å². The van der Waals surface area contributed by atoms with Crippen molar-refractivity contribution in [3.05, 3.63) is 35.1 Å². The van der Waals surface area contributed by atoms with Gasteiger partial charge in [-0.15, -0.1) is 0 Å². The number of benzene rings is 1. The van der Waals surface area contributed by atoms with Crippen LogP contribution in [-0.4, -0.2) is 29.6 Å². The molecule has 22 heavy (non-hydrogen) atoms. The molecule has 6 heteroatoms. The van der Waals surface area contributed by atoms with E-state index in [4.69, 9.17) is 5.11 Å². The van der Waals surface area contributed by atoms with E-state index in [1.54, 1.807) is 19.1 Å². The van der Waals surface area contributed by atoms with Gasteiger partial charge in [0.25, 0.3) is 0 Å². The molecule has 0 aromatic heterocycles. The van der Waals surface area contributed by atoms with Gasteiger partial charge in [0.2, 0.25) is 5.91 Å². The summed E-state index contributed by atoms with van der Waals surface area (Å²) in [6, 6.07) is 4.01. The van der Waals surface area contributed by atoms with Gasteiger partial charge in [-0.1, -0.05) is 32.4 Å². The lowest BCUT2D eigenvalue weighted by molar-refractivity contribution is -0.140. The molecule has 0 heterocycles. The Kier molecular flexibility index (Phi) is 6.98. The number of carbonyl (C=O) groups excluding carboxylic acids is 1. The Balaban J connectivity index is 2.45. The Morgan fingerprint density at radius 2 is 2.05 bits per heavy atom. The summed E-state index contributed by atoms with van der Waals surface area (Å²) in [5, 5.41) is 14.5. The molecule has 3 N–H and O–H groups in total. The minimum Gasteiger partial charge on any atom is -0.480 e. The van der Waals surface area contributed by atoms with Crippen LogP contribution in [0.15, 0.2) is 18.2 Å². The molecule has 0 saturated carbocycles. The van der Waals surface area contributed by atoms with Crippen LogP contribution in [0.2, 0.25) is 0 Å². The minimum absolute atomic E-state index is 0.0727. The van der Waals surface area contributed by atoms with E-state index >= 15 is 0 Å². The van der Waals surface area contributed by atoms with Crippen molar-refractivity contribution in [2.24, 2.45) is 5.92 Å². The van der Waals surface area contributed by atoms with Crippen LogP contribution >= 0.6 is 0 Å². The molecule has 0 unspecified atom stereocenters. The minimum atomic E-state index is -0.970. The number of aliphatic carboxylic acids is 1.